The van der Waals surface area contributed by atoms with E-state index < -0.39 is 5.97 Å². The topological polar surface area (TPSA) is 76.1 Å². The number of thiocarbonyl (C=S) groups is 1. The van der Waals surface area contributed by atoms with Gasteiger partial charge in [-0.05, 0) is 18.6 Å². The van der Waals surface area contributed by atoms with Crippen LogP contribution in [0.5, 0.6) is 11.5 Å². The summed E-state index contributed by atoms with van der Waals surface area (Å²) in [5, 5.41) is 8.68. The van der Waals surface area contributed by atoms with Crippen LogP contribution < -0.4 is 9.47 Å². The zero-order chi connectivity index (χ0) is 16.4. The lowest BCUT2D eigenvalue weighted by Crippen LogP contribution is -2.29. The third-order valence-corrected chi connectivity index (χ3v) is 4.74. The molecule has 6 nitrogen and oxygen atoms in total. The third kappa shape index (κ3) is 3.32. The molecule has 120 valence electrons. The Morgan fingerprint density at radius 2 is 2.26 bits per heavy atom. The van der Waals surface area contributed by atoms with Gasteiger partial charge in [0.1, 0.15) is 4.32 Å². The molecule has 0 atom stereocenters. The Balaban J connectivity index is 1.77. The zero-order valence-corrected chi connectivity index (χ0v) is 13.6. The van der Waals surface area contributed by atoms with Gasteiger partial charge in [0.05, 0.1) is 4.91 Å². The highest BCUT2D eigenvalue weighted by Crippen LogP contribution is 2.39. The molecule has 8 heteroatoms. The van der Waals surface area contributed by atoms with Crippen molar-refractivity contribution in [2.45, 2.75) is 12.8 Å². The maximum absolute atomic E-state index is 12.4. The van der Waals surface area contributed by atoms with Crippen LogP contribution in [0.3, 0.4) is 0 Å². The molecule has 0 aliphatic carbocycles. The minimum Gasteiger partial charge on any atom is -0.481 e. The van der Waals surface area contributed by atoms with Crippen LogP contribution in [0, 0.1) is 0 Å². The summed E-state index contributed by atoms with van der Waals surface area (Å²) in [6, 6.07) is 5.47. The number of amides is 1. The van der Waals surface area contributed by atoms with E-state index in [1.165, 1.54) is 16.7 Å². The lowest BCUT2D eigenvalue weighted by atomic mass is 10.1. The van der Waals surface area contributed by atoms with Crippen molar-refractivity contribution in [3.8, 4) is 11.5 Å². The van der Waals surface area contributed by atoms with Gasteiger partial charge in [-0.15, -0.1) is 0 Å². The molecule has 0 unspecified atom stereocenters. The van der Waals surface area contributed by atoms with E-state index in [0.717, 1.165) is 5.56 Å². The highest BCUT2D eigenvalue weighted by Gasteiger charge is 2.32. The SMILES string of the molecule is O=C(O)CCCN1C(=O)C(=Cc2cccc3c2OCO3)SC1=S. The minimum atomic E-state index is -0.886. The van der Waals surface area contributed by atoms with Crippen LogP contribution in [0.1, 0.15) is 18.4 Å². The molecule has 1 N–H and O–H groups in total. The van der Waals surface area contributed by atoms with Crippen molar-refractivity contribution in [1.82, 2.24) is 4.90 Å². The first-order valence-electron chi connectivity index (χ1n) is 6.92. The largest absolute Gasteiger partial charge is 0.481 e. The molecule has 2 heterocycles. The number of hydrogen-bond donors (Lipinski definition) is 1. The number of carboxylic acid groups (broad SMARTS) is 1. The second kappa shape index (κ2) is 6.59. The van der Waals surface area contributed by atoms with E-state index in [9.17, 15) is 9.59 Å². The fraction of sp³-hybridized carbons (Fsp3) is 0.267. The molecule has 0 bridgehead atoms. The number of para-hydroxylation sites is 1. The highest BCUT2D eigenvalue weighted by molar-refractivity contribution is 8.26. The molecule has 3 rings (SSSR count). The van der Waals surface area contributed by atoms with Crippen molar-refractivity contribution >= 4 is 46.3 Å². The van der Waals surface area contributed by atoms with Gasteiger partial charge in [-0.2, -0.15) is 0 Å². The number of fused-ring (bicyclic) bond motifs is 1. The van der Waals surface area contributed by atoms with Gasteiger partial charge in [0.15, 0.2) is 11.5 Å². The van der Waals surface area contributed by atoms with Gasteiger partial charge in [0, 0.05) is 18.5 Å². The summed E-state index contributed by atoms with van der Waals surface area (Å²) in [6.45, 7) is 0.469. The van der Waals surface area contributed by atoms with E-state index in [0.29, 0.717) is 33.7 Å². The zero-order valence-electron chi connectivity index (χ0n) is 12.0. The van der Waals surface area contributed by atoms with E-state index in [1.54, 1.807) is 12.1 Å². The molecule has 1 saturated heterocycles. The molecule has 0 saturated carbocycles. The van der Waals surface area contributed by atoms with Crippen LogP contribution in [-0.4, -0.2) is 39.5 Å². The van der Waals surface area contributed by atoms with Crippen molar-refractivity contribution in [2.75, 3.05) is 13.3 Å². The number of carbonyl (C=O) groups is 2. The third-order valence-electron chi connectivity index (χ3n) is 3.36. The molecule has 23 heavy (non-hydrogen) atoms. The highest BCUT2D eigenvalue weighted by atomic mass is 32.2. The number of rotatable bonds is 5. The van der Waals surface area contributed by atoms with E-state index >= 15 is 0 Å². The number of nitrogens with zero attached hydrogens (tertiary/aromatic N) is 1. The van der Waals surface area contributed by atoms with E-state index in [1.807, 2.05) is 12.1 Å². The Morgan fingerprint density at radius 3 is 3.04 bits per heavy atom. The molecular formula is C15H13NO5S2. The Hall–Kier alpha value is -2.06. The van der Waals surface area contributed by atoms with Crippen molar-refractivity contribution in [1.29, 1.82) is 0 Å². The Morgan fingerprint density at radius 1 is 1.43 bits per heavy atom. The first-order chi connectivity index (χ1) is 11.1. The number of thioether (sulfide) groups is 1. The average Bonchev–Trinajstić information content (AvgIpc) is 3.08. The number of ether oxygens (including phenoxy) is 2. The predicted octanol–water partition coefficient (Wildman–Crippen LogP) is 2.48. The van der Waals surface area contributed by atoms with Gasteiger partial charge in [0.25, 0.3) is 5.91 Å². The van der Waals surface area contributed by atoms with Crippen molar-refractivity contribution in [3.63, 3.8) is 0 Å². The predicted molar refractivity (Wildman–Crippen MR) is 89.3 cm³/mol. The van der Waals surface area contributed by atoms with Crippen LogP contribution in [0.15, 0.2) is 23.1 Å². The molecule has 2 aliphatic heterocycles. The van der Waals surface area contributed by atoms with Crippen LogP contribution in [0.25, 0.3) is 6.08 Å². The standard InChI is InChI=1S/C15H13NO5S2/c17-12(18)5-2-6-16-14(19)11(23-15(16)22)7-9-3-1-4-10-13(9)21-8-20-10/h1,3-4,7H,2,5-6,8H2,(H,17,18). The van der Waals surface area contributed by atoms with Gasteiger partial charge in [0.2, 0.25) is 6.79 Å². The fourth-order valence-corrected chi connectivity index (χ4v) is 3.59. The van der Waals surface area contributed by atoms with Crippen molar-refractivity contribution in [2.24, 2.45) is 0 Å². The second-order valence-corrected chi connectivity index (χ2v) is 6.59. The second-order valence-electron chi connectivity index (χ2n) is 4.91. The van der Waals surface area contributed by atoms with Crippen LogP contribution in [0.2, 0.25) is 0 Å². The molecular weight excluding hydrogens is 338 g/mol. The number of benzene rings is 1. The normalized spacial score (nSPS) is 18.1. The van der Waals surface area contributed by atoms with Gasteiger partial charge in [-0.25, -0.2) is 0 Å². The molecule has 0 aromatic heterocycles. The minimum absolute atomic E-state index is 0.00742. The molecule has 2 aliphatic rings. The molecule has 1 aromatic rings. The average molecular weight is 351 g/mol. The molecule has 1 fully saturated rings. The first kappa shape index (κ1) is 15.8. The smallest absolute Gasteiger partial charge is 0.303 e. The number of carbonyl (C=O) groups excluding carboxylic acids is 1. The monoisotopic (exact) mass is 351 g/mol. The summed E-state index contributed by atoms with van der Waals surface area (Å²) in [5.41, 5.74) is 0.756. The maximum atomic E-state index is 12.4. The van der Waals surface area contributed by atoms with Crippen molar-refractivity contribution in [3.05, 3.63) is 28.7 Å². The number of hydrogen-bond acceptors (Lipinski definition) is 6. The van der Waals surface area contributed by atoms with E-state index in [4.69, 9.17) is 26.8 Å². The first-order valence-corrected chi connectivity index (χ1v) is 8.14. The lowest BCUT2D eigenvalue weighted by Gasteiger charge is -2.13. The Bertz CT molecular complexity index is 716. The molecule has 0 radical (unpaired) electrons. The van der Waals surface area contributed by atoms with Gasteiger partial charge in [-0.1, -0.05) is 36.1 Å². The Kier molecular flexibility index (Phi) is 4.53. The fourth-order valence-electron chi connectivity index (χ4n) is 2.29. The summed E-state index contributed by atoms with van der Waals surface area (Å²) in [5.74, 6) is 0.171. The molecule has 0 spiro atoms. The van der Waals surface area contributed by atoms with Crippen molar-refractivity contribution < 1.29 is 24.2 Å². The van der Waals surface area contributed by atoms with Crippen LogP contribution >= 0.6 is 24.0 Å². The van der Waals surface area contributed by atoms with Gasteiger partial charge < -0.3 is 14.6 Å². The van der Waals surface area contributed by atoms with E-state index in [2.05, 4.69) is 0 Å². The summed E-state index contributed by atoms with van der Waals surface area (Å²) in [6.07, 6.45) is 2.10. The summed E-state index contributed by atoms with van der Waals surface area (Å²) < 4.78 is 11.2. The summed E-state index contributed by atoms with van der Waals surface area (Å²) in [7, 11) is 0. The van der Waals surface area contributed by atoms with Crippen LogP contribution in [-0.2, 0) is 9.59 Å². The van der Waals surface area contributed by atoms with Crippen LogP contribution in [0.4, 0.5) is 0 Å². The summed E-state index contributed by atoms with van der Waals surface area (Å²) in [4.78, 5) is 24.9. The molecule has 1 aromatic carbocycles. The van der Waals surface area contributed by atoms with E-state index in [-0.39, 0.29) is 19.1 Å². The maximum Gasteiger partial charge on any atom is 0.303 e. The lowest BCUT2D eigenvalue weighted by molar-refractivity contribution is -0.137. The Labute approximate surface area is 142 Å². The summed E-state index contributed by atoms with van der Waals surface area (Å²) >= 11 is 6.42. The quantitative estimate of drug-likeness (QED) is 0.645. The van der Waals surface area contributed by atoms with Gasteiger partial charge in [-0.3, -0.25) is 14.5 Å². The van der Waals surface area contributed by atoms with Gasteiger partial charge >= 0.3 is 5.97 Å². The number of carboxylic acids is 1. The molecule has 1 amide bonds. The number of aliphatic carboxylic acids is 1.